The van der Waals surface area contributed by atoms with Crippen molar-refractivity contribution < 1.29 is 5.11 Å². The average Bonchev–Trinajstić information content (AvgIpc) is 2.32. The maximum atomic E-state index is 12.0. The van der Waals surface area contributed by atoms with Crippen molar-refractivity contribution >= 4 is 10.8 Å². The predicted molar refractivity (Wildman–Crippen MR) is 65.1 cm³/mol. The van der Waals surface area contributed by atoms with Crippen LogP contribution in [0.3, 0.4) is 0 Å². The van der Waals surface area contributed by atoms with E-state index >= 15 is 0 Å². The van der Waals surface area contributed by atoms with Gasteiger partial charge in [0.2, 0.25) is 0 Å². The smallest absolute Gasteiger partial charge is 0.273 e. The first kappa shape index (κ1) is 11.6. The molecule has 5 nitrogen and oxygen atoms in total. The van der Waals surface area contributed by atoms with Gasteiger partial charge < -0.3 is 5.11 Å². The second kappa shape index (κ2) is 4.55. The second-order valence-corrected chi connectivity index (χ2v) is 4.08. The Morgan fingerprint density at radius 3 is 2.59 bits per heavy atom. The molecular formula is C12H14N2O3. The summed E-state index contributed by atoms with van der Waals surface area (Å²) < 4.78 is 1.25. The number of aryl methyl sites for hydroxylation is 1. The second-order valence-electron chi connectivity index (χ2n) is 4.08. The Bertz CT molecular complexity index is 640. The molecule has 1 heterocycles. The molecule has 0 radical (unpaired) electrons. The molecule has 1 unspecified atom stereocenters. The third kappa shape index (κ3) is 2.29. The van der Waals surface area contributed by atoms with Gasteiger partial charge in [-0.3, -0.25) is 14.7 Å². The Morgan fingerprint density at radius 2 is 1.94 bits per heavy atom. The summed E-state index contributed by atoms with van der Waals surface area (Å²) in [5.41, 5.74) is -0.522. The summed E-state index contributed by atoms with van der Waals surface area (Å²) in [6, 6.07) is 6.69. The molecule has 0 saturated heterocycles. The van der Waals surface area contributed by atoms with Crippen molar-refractivity contribution in [1.29, 1.82) is 0 Å². The van der Waals surface area contributed by atoms with E-state index < -0.39 is 6.10 Å². The molecule has 5 heteroatoms. The number of hydrogen-bond acceptors (Lipinski definition) is 3. The van der Waals surface area contributed by atoms with Crippen LogP contribution in [0.4, 0.5) is 0 Å². The number of aromatic amines is 1. The van der Waals surface area contributed by atoms with Gasteiger partial charge in [0.15, 0.2) is 0 Å². The number of nitrogens with zero attached hydrogens (tertiary/aromatic N) is 1. The van der Waals surface area contributed by atoms with Crippen LogP contribution in [0.1, 0.15) is 13.3 Å². The minimum absolute atomic E-state index is 0.235. The quantitative estimate of drug-likeness (QED) is 0.810. The van der Waals surface area contributed by atoms with Crippen molar-refractivity contribution in [3.63, 3.8) is 0 Å². The van der Waals surface area contributed by atoms with Crippen LogP contribution < -0.4 is 11.1 Å². The minimum Gasteiger partial charge on any atom is -0.393 e. The molecule has 0 aliphatic rings. The molecular weight excluding hydrogens is 220 g/mol. The molecule has 0 saturated carbocycles. The highest BCUT2D eigenvalue weighted by Gasteiger charge is 2.06. The van der Waals surface area contributed by atoms with E-state index in [0.29, 0.717) is 23.7 Å². The Balaban J connectivity index is 2.56. The van der Waals surface area contributed by atoms with Gasteiger partial charge in [-0.25, -0.2) is 4.68 Å². The molecule has 2 rings (SSSR count). The molecule has 0 aliphatic heterocycles. The topological polar surface area (TPSA) is 75.1 Å². The fraction of sp³-hybridized carbons (Fsp3) is 0.333. The summed E-state index contributed by atoms with van der Waals surface area (Å²) in [4.78, 5) is 23.7. The van der Waals surface area contributed by atoms with Crippen molar-refractivity contribution in [2.75, 3.05) is 0 Å². The van der Waals surface area contributed by atoms with Crippen LogP contribution in [0.15, 0.2) is 33.9 Å². The molecule has 1 aromatic heterocycles. The van der Waals surface area contributed by atoms with Crippen molar-refractivity contribution in [3.8, 4) is 0 Å². The highest BCUT2D eigenvalue weighted by Crippen LogP contribution is 2.02. The normalized spacial score (nSPS) is 12.8. The number of nitrogens with one attached hydrogen (secondary N) is 1. The van der Waals surface area contributed by atoms with Gasteiger partial charge in [0, 0.05) is 6.54 Å². The number of benzene rings is 1. The molecule has 0 aliphatic carbocycles. The third-order valence-electron chi connectivity index (χ3n) is 2.65. The molecule has 0 bridgehead atoms. The first-order chi connectivity index (χ1) is 8.09. The standard InChI is InChI=1S/C12H14N2O3/c1-8(15)6-7-14-12(17)10-5-3-2-4-9(10)11(16)13-14/h2-5,8,15H,6-7H2,1H3,(H,13,16). The van der Waals surface area contributed by atoms with Crippen molar-refractivity contribution in [2.24, 2.45) is 0 Å². The number of fused-ring (bicyclic) bond motifs is 1. The molecule has 17 heavy (non-hydrogen) atoms. The van der Waals surface area contributed by atoms with E-state index in [-0.39, 0.29) is 11.1 Å². The van der Waals surface area contributed by atoms with Crippen LogP contribution in [-0.2, 0) is 6.54 Å². The lowest BCUT2D eigenvalue weighted by molar-refractivity contribution is 0.175. The summed E-state index contributed by atoms with van der Waals surface area (Å²) in [5, 5.41) is 12.5. The zero-order valence-electron chi connectivity index (χ0n) is 9.51. The number of H-pyrrole nitrogens is 1. The van der Waals surface area contributed by atoms with E-state index in [1.54, 1.807) is 31.2 Å². The Kier molecular flexibility index (Phi) is 3.10. The van der Waals surface area contributed by atoms with E-state index in [1.807, 2.05) is 0 Å². The van der Waals surface area contributed by atoms with Crippen molar-refractivity contribution in [3.05, 3.63) is 45.0 Å². The van der Waals surface area contributed by atoms with Crippen molar-refractivity contribution in [1.82, 2.24) is 9.78 Å². The van der Waals surface area contributed by atoms with Gasteiger partial charge in [-0.15, -0.1) is 0 Å². The summed E-state index contributed by atoms with van der Waals surface area (Å²) in [5.74, 6) is 0. The summed E-state index contributed by atoms with van der Waals surface area (Å²) in [6.45, 7) is 1.95. The Morgan fingerprint density at radius 1 is 1.29 bits per heavy atom. The van der Waals surface area contributed by atoms with Gasteiger partial charge in [-0.2, -0.15) is 0 Å². The number of hydrogen-bond donors (Lipinski definition) is 2. The molecule has 1 atom stereocenters. The summed E-state index contributed by atoms with van der Waals surface area (Å²) >= 11 is 0. The molecule has 0 amide bonds. The lowest BCUT2D eigenvalue weighted by atomic mass is 10.2. The van der Waals surface area contributed by atoms with Crippen molar-refractivity contribution in [2.45, 2.75) is 26.0 Å². The van der Waals surface area contributed by atoms with Crippen LogP contribution in [-0.4, -0.2) is 21.0 Å². The molecule has 0 fully saturated rings. The maximum absolute atomic E-state index is 12.0. The van der Waals surface area contributed by atoms with E-state index in [4.69, 9.17) is 0 Å². The SMILES string of the molecule is CC(O)CCn1[nH]c(=O)c2ccccc2c1=O. The van der Waals surface area contributed by atoms with E-state index in [2.05, 4.69) is 5.10 Å². The maximum Gasteiger partial charge on any atom is 0.273 e. The largest absolute Gasteiger partial charge is 0.393 e. The van der Waals surface area contributed by atoms with E-state index in [0.717, 1.165) is 0 Å². The lowest BCUT2D eigenvalue weighted by Crippen LogP contribution is -2.30. The zero-order valence-corrected chi connectivity index (χ0v) is 9.51. The van der Waals surface area contributed by atoms with Gasteiger partial charge in [-0.05, 0) is 25.5 Å². The number of aromatic nitrogens is 2. The van der Waals surface area contributed by atoms with Crippen LogP contribution in [0, 0.1) is 0 Å². The third-order valence-corrected chi connectivity index (χ3v) is 2.65. The molecule has 1 aromatic carbocycles. The highest BCUT2D eigenvalue weighted by molar-refractivity contribution is 5.80. The minimum atomic E-state index is -0.503. The van der Waals surface area contributed by atoms with Gasteiger partial charge in [0.25, 0.3) is 11.1 Å². The van der Waals surface area contributed by atoms with Crippen LogP contribution >= 0.6 is 0 Å². The van der Waals surface area contributed by atoms with Gasteiger partial charge in [0.1, 0.15) is 0 Å². The van der Waals surface area contributed by atoms with Gasteiger partial charge >= 0.3 is 0 Å². The monoisotopic (exact) mass is 234 g/mol. The van der Waals surface area contributed by atoms with Crippen LogP contribution in [0.25, 0.3) is 10.8 Å². The number of rotatable bonds is 3. The predicted octanol–water partition coefficient (Wildman–Crippen LogP) is 0.461. The average molecular weight is 234 g/mol. The van der Waals surface area contributed by atoms with E-state index in [9.17, 15) is 14.7 Å². The summed E-state index contributed by atoms with van der Waals surface area (Å²) in [6.07, 6.45) is -0.0781. The fourth-order valence-electron chi connectivity index (χ4n) is 1.72. The summed E-state index contributed by atoms with van der Waals surface area (Å²) in [7, 11) is 0. The number of aliphatic hydroxyl groups is 1. The fourth-order valence-corrected chi connectivity index (χ4v) is 1.72. The Hall–Kier alpha value is -1.88. The van der Waals surface area contributed by atoms with E-state index in [1.165, 1.54) is 4.68 Å². The molecule has 90 valence electrons. The number of aliphatic hydroxyl groups excluding tert-OH is 1. The van der Waals surface area contributed by atoms with Crippen LogP contribution in [0.2, 0.25) is 0 Å². The highest BCUT2D eigenvalue weighted by atomic mass is 16.3. The van der Waals surface area contributed by atoms with Gasteiger partial charge in [-0.1, -0.05) is 12.1 Å². The van der Waals surface area contributed by atoms with Crippen LogP contribution in [0.5, 0.6) is 0 Å². The Labute approximate surface area is 97.3 Å². The molecule has 2 N–H and O–H groups in total. The molecule has 2 aromatic rings. The zero-order chi connectivity index (χ0) is 12.4. The first-order valence-corrected chi connectivity index (χ1v) is 5.49. The van der Waals surface area contributed by atoms with Gasteiger partial charge in [0.05, 0.1) is 16.9 Å². The molecule has 0 spiro atoms. The first-order valence-electron chi connectivity index (χ1n) is 5.49. The lowest BCUT2D eigenvalue weighted by Gasteiger charge is -2.08.